The van der Waals surface area contributed by atoms with Crippen molar-refractivity contribution in [2.45, 2.75) is 70.0 Å². The van der Waals surface area contributed by atoms with Gasteiger partial charge >= 0.3 is 0 Å². The number of benzene rings is 1. The second-order valence-corrected chi connectivity index (χ2v) is 10.0. The fourth-order valence-electron chi connectivity index (χ4n) is 5.29. The Morgan fingerprint density at radius 1 is 1.24 bits per heavy atom. The van der Waals surface area contributed by atoms with Crippen LogP contribution in [0.5, 0.6) is 0 Å². The third-order valence-electron chi connectivity index (χ3n) is 7.09. The normalized spacial score (nSPS) is 19.5. The summed E-state index contributed by atoms with van der Waals surface area (Å²) in [5.41, 5.74) is 3.89. The van der Waals surface area contributed by atoms with E-state index < -0.39 is 0 Å². The molecule has 1 aliphatic carbocycles. The summed E-state index contributed by atoms with van der Waals surface area (Å²) >= 11 is 1.51. The maximum atomic E-state index is 13.4. The first-order valence-corrected chi connectivity index (χ1v) is 12.9. The number of fused-ring (bicyclic) bond motifs is 1. The minimum atomic E-state index is -0.187. The summed E-state index contributed by atoms with van der Waals surface area (Å²) in [7, 11) is 0. The van der Waals surface area contributed by atoms with Crippen LogP contribution >= 0.6 is 11.8 Å². The topological polar surface area (TPSA) is 87.1 Å². The van der Waals surface area contributed by atoms with Crippen molar-refractivity contribution in [3.05, 3.63) is 63.2 Å². The zero-order chi connectivity index (χ0) is 23.7. The summed E-state index contributed by atoms with van der Waals surface area (Å²) in [5, 5.41) is 13.9. The van der Waals surface area contributed by atoms with E-state index in [4.69, 9.17) is 0 Å². The third kappa shape index (κ3) is 4.62. The zero-order valence-electron chi connectivity index (χ0n) is 19.8. The second kappa shape index (κ2) is 9.77. The lowest BCUT2D eigenvalue weighted by atomic mass is 9.83. The third-order valence-corrected chi connectivity index (χ3v) is 7.89. The Bertz CT molecular complexity index is 1220. The molecular formula is C26H33N3O3S. The molecule has 1 atom stereocenters. The summed E-state index contributed by atoms with van der Waals surface area (Å²) in [6, 6.07) is 10.2. The van der Waals surface area contributed by atoms with Crippen LogP contribution < -0.4 is 10.9 Å². The van der Waals surface area contributed by atoms with Crippen LogP contribution in [0.3, 0.4) is 0 Å². The number of aromatic nitrogens is 2. The highest BCUT2D eigenvalue weighted by molar-refractivity contribution is 7.98. The number of carbonyl (C=O) groups is 1. The van der Waals surface area contributed by atoms with E-state index in [0.29, 0.717) is 17.0 Å². The summed E-state index contributed by atoms with van der Waals surface area (Å²) in [5.74, 6) is 0.301. The van der Waals surface area contributed by atoms with Crippen molar-refractivity contribution in [2.75, 3.05) is 6.26 Å². The predicted octanol–water partition coefficient (Wildman–Crippen LogP) is 4.71. The molecule has 1 aliphatic rings. The molecule has 1 saturated carbocycles. The van der Waals surface area contributed by atoms with Crippen LogP contribution in [0.15, 0.2) is 40.0 Å². The smallest absolute Gasteiger partial charge is 0.254 e. The van der Waals surface area contributed by atoms with Crippen LogP contribution in [0.4, 0.5) is 0 Å². The molecule has 1 fully saturated rings. The van der Waals surface area contributed by atoms with Gasteiger partial charge in [-0.15, -0.1) is 11.8 Å². The van der Waals surface area contributed by atoms with E-state index in [0.717, 1.165) is 52.9 Å². The molecule has 33 heavy (non-hydrogen) atoms. The van der Waals surface area contributed by atoms with E-state index >= 15 is 0 Å². The number of para-hydroxylation sites is 1. The average Bonchev–Trinajstić information content (AvgIpc) is 3.09. The standard InChI is InChI=1S/C26H33N3O3S/c1-15-13-23(33-4)21(25(31)28-15)14-27-26(32)24-17(3)29(22-8-6-5-7-20(22)24)16(2)18-9-11-19(30)12-10-18/h5-8,13,16,18-19,30H,9-12,14H2,1-4H3,(H,27,32)(H,28,31)/t16-,18?,19?/m1/s1. The highest BCUT2D eigenvalue weighted by atomic mass is 32.2. The monoisotopic (exact) mass is 467 g/mol. The van der Waals surface area contributed by atoms with Crippen molar-refractivity contribution in [2.24, 2.45) is 5.92 Å². The first-order valence-electron chi connectivity index (χ1n) is 11.6. The van der Waals surface area contributed by atoms with Gasteiger partial charge in [-0.3, -0.25) is 9.59 Å². The number of aliphatic hydroxyl groups excluding tert-OH is 1. The van der Waals surface area contributed by atoms with E-state index in [2.05, 4.69) is 27.9 Å². The van der Waals surface area contributed by atoms with Gasteiger partial charge in [0.05, 0.1) is 11.7 Å². The minimum Gasteiger partial charge on any atom is -0.393 e. The largest absolute Gasteiger partial charge is 0.393 e. The average molecular weight is 468 g/mol. The van der Waals surface area contributed by atoms with E-state index in [9.17, 15) is 14.7 Å². The molecule has 0 bridgehead atoms. The van der Waals surface area contributed by atoms with Crippen LogP contribution in [-0.2, 0) is 6.54 Å². The highest BCUT2D eigenvalue weighted by Gasteiger charge is 2.29. The summed E-state index contributed by atoms with van der Waals surface area (Å²) < 4.78 is 2.29. The molecule has 1 amide bonds. The molecule has 2 aromatic heterocycles. The quantitative estimate of drug-likeness (QED) is 0.458. The van der Waals surface area contributed by atoms with Crippen LogP contribution in [0.25, 0.3) is 10.9 Å². The van der Waals surface area contributed by atoms with E-state index in [1.807, 2.05) is 44.4 Å². The van der Waals surface area contributed by atoms with Gasteiger partial charge in [0, 0.05) is 45.3 Å². The van der Waals surface area contributed by atoms with Crippen molar-refractivity contribution in [1.82, 2.24) is 14.9 Å². The van der Waals surface area contributed by atoms with Gasteiger partial charge in [-0.05, 0) is 70.8 Å². The second-order valence-electron chi connectivity index (χ2n) is 9.17. The molecular weight excluding hydrogens is 434 g/mol. The fraction of sp³-hybridized carbons (Fsp3) is 0.462. The Hall–Kier alpha value is -2.51. The number of aryl methyl sites for hydroxylation is 1. The van der Waals surface area contributed by atoms with Gasteiger partial charge in [0.15, 0.2) is 0 Å². The molecule has 6 nitrogen and oxygen atoms in total. The lowest BCUT2D eigenvalue weighted by molar-refractivity contribution is 0.0945. The number of nitrogens with one attached hydrogen (secondary N) is 2. The van der Waals surface area contributed by atoms with Gasteiger partial charge in [0.1, 0.15) is 0 Å². The maximum Gasteiger partial charge on any atom is 0.254 e. The number of H-pyrrole nitrogens is 1. The Morgan fingerprint density at radius 3 is 2.64 bits per heavy atom. The number of carbonyl (C=O) groups excluding carboxylic acids is 1. The van der Waals surface area contributed by atoms with Gasteiger partial charge < -0.3 is 20.0 Å². The number of aliphatic hydroxyl groups is 1. The zero-order valence-corrected chi connectivity index (χ0v) is 20.6. The first-order chi connectivity index (χ1) is 15.8. The van der Waals surface area contributed by atoms with Gasteiger partial charge in [-0.2, -0.15) is 0 Å². The minimum absolute atomic E-state index is 0.160. The molecule has 3 N–H and O–H groups in total. The van der Waals surface area contributed by atoms with Crippen LogP contribution in [0.2, 0.25) is 0 Å². The molecule has 0 unspecified atom stereocenters. The molecule has 4 rings (SSSR count). The van der Waals surface area contributed by atoms with Crippen molar-refractivity contribution < 1.29 is 9.90 Å². The molecule has 0 spiro atoms. The molecule has 0 saturated heterocycles. The van der Waals surface area contributed by atoms with Crippen LogP contribution in [0.1, 0.15) is 66.0 Å². The van der Waals surface area contributed by atoms with E-state index in [1.54, 1.807) is 0 Å². The first kappa shape index (κ1) is 23.6. The predicted molar refractivity (Wildman–Crippen MR) is 134 cm³/mol. The van der Waals surface area contributed by atoms with Gasteiger partial charge in [0.2, 0.25) is 0 Å². The number of aromatic amines is 1. The molecule has 0 aliphatic heterocycles. The summed E-state index contributed by atoms with van der Waals surface area (Å²) in [6.45, 7) is 6.27. The molecule has 1 aromatic carbocycles. The lowest BCUT2D eigenvalue weighted by Gasteiger charge is -2.32. The number of amides is 1. The summed E-state index contributed by atoms with van der Waals surface area (Å²) in [4.78, 5) is 29.6. The summed E-state index contributed by atoms with van der Waals surface area (Å²) in [6.07, 6.45) is 5.40. The Morgan fingerprint density at radius 2 is 1.94 bits per heavy atom. The number of nitrogens with zero attached hydrogens (tertiary/aromatic N) is 1. The molecule has 2 heterocycles. The van der Waals surface area contributed by atoms with Crippen molar-refractivity contribution >= 4 is 28.6 Å². The molecule has 0 radical (unpaired) electrons. The Labute approximate surface area is 198 Å². The lowest BCUT2D eigenvalue weighted by Crippen LogP contribution is -2.28. The van der Waals surface area contributed by atoms with Gasteiger partial charge in [-0.1, -0.05) is 18.2 Å². The van der Waals surface area contributed by atoms with E-state index in [-0.39, 0.29) is 30.2 Å². The van der Waals surface area contributed by atoms with Crippen LogP contribution in [-0.4, -0.2) is 32.9 Å². The molecule has 3 aromatic rings. The van der Waals surface area contributed by atoms with E-state index in [1.165, 1.54) is 11.8 Å². The SMILES string of the molecule is CSc1cc(C)[nH]c(=O)c1CNC(=O)c1c(C)n([C@H](C)C2CCC(O)CC2)c2ccccc12. The number of hydrogen-bond acceptors (Lipinski definition) is 4. The number of rotatable bonds is 6. The number of hydrogen-bond donors (Lipinski definition) is 3. The van der Waals surface area contributed by atoms with Crippen molar-refractivity contribution in [3.8, 4) is 0 Å². The fourth-order valence-corrected chi connectivity index (χ4v) is 6.00. The Balaban J connectivity index is 1.65. The van der Waals surface area contributed by atoms with Gasteiger partial charge in [-0.25, -0.2) is 0 Å². The molecule has 176 valence electrons. The highest BCUT2D eigenvalue weighted by Crippen LogP contribution is 2.37. The van der Waals surface area contributed by atoms with Crippen molar-refractivity contribution in [1.29, 1.82) is 0 Å². The number of pyridine rings is 1. The maximum absolute atomic E-state index is 13.4. The molecule has 7 heteroatoms. The van der Waals surface area contributed by atoms with Crippen LogP contribution in [0, 0.1) is 19.8 Å². The number of thioether (sulfide) groups is 1. The van der Waals surface area contributed by atoms with Gasteiger partial charge in [0.25, 0.3) is 11.5 Å². The Kier molecular flexibility index (Phi) is 7.00. The van der Waals surface area contributed by atoms with Crippen molar-refractivity contribution in [3.63, 3.8) is 0 Å².